The highest BCUT2D eigenvalue weighted by atomic mass is 16.8. The Balaban J connectivity index is 1.28. The number of fused-ring (bicyclic) bond motifs is 1. The third-order valence-corrected chi connectivity index (χ3v) is 9.97. The van der Waals surface area contributed by atoms with Crippen molar-refractivity contribution < 1.29 is 29.2 Å². The van der Waals surface area contributed by atoms with E-state index in [0.717, 1.165) is 39.1 Å². The lowest BCUT2D eigenvalue weighted by molar-refractivity contribution is -0.157. The van der Waals surface area contributed by atoms with Crippen LogP contribution in [0.2, 0.25) is 0 Å². The van der Waals surface area contributed by atoms with E-state index in [0.29, 0.717) is 32.5 Å². The Morgan fingerprint density at radius 1 is 0.596 bits per heavy atom. The minimum Gasteiger partial charge on any atom is -0.508 e. The maximum absolute atomic E-state index is 15.3. The quantitative estimate of drug-likeness (QED) is 0.145. The Hall–Kier alpha value is -5.31. The average Bonchev–Trinajstić information content (AvgIpc) is 3.45. The first kappa shape index (κ1) is 35.1. The maximum Gasteiger partial charge on any atom is 0.321 e. The molecule has 2 N–H and O–H groups in total. The second kappa shape index (κ2) is 15.1. The average molecular weight is 699 g/mol. The van der Waals surface area contributed by atoms with Gasteiger partial charge < -0.3 is 34.2 Å². The van der Waals surface area contributed by atoms with Crippen molar-refractivity contribution >= 4 is 6.03 Å². The summed E-state index contributed by atoms with van der Waals surface area (Å²) < 4.78 is 19.7. The Morgan fingerprint density at radius 3 is 1.52 bits per heavy atom. The van der Waals surface area contributed by atoms with E-state index in [2.05, 4.69) is 31.2 Å². The van der Waals surface area contributed by atoms with E-state index in [1.54, 1.807) is 24.3 Å². The summed E-state index contributed by atoms with van der Waals surface area (Å²) in [6, 6.07) is 39.7. The standard InChI is InChI=1S/C44H46N2O6/c1-30-9-11-33(12-10-30)27-45-39(25-31-13-19-36(47)20-14-31)41-42(52-44(2,3)51-41)40(26-32-15-21-37(48)22-16-32)46(43(45)49)28-34-17-23-38(24-18-34)50-29-35-7-5-4-6-8-35/h4-24,39-42,47-48H,25-29H2,1-3H3/t39-,40-,41+,42+/m1/s1. The van der Waals surface area contributed by atoms with E-state index < -0.39 is 24.0 Å². The van der Waals surface area contributed by atoms with Gasteiger partial charge in [-0.15, -0.1) is 0 Å². The maximum atomic E-state index is 15.3. The van der Waals surface area contributed by atoms with Gasteiger partial charge in [-0.1, -0.05) is 96.6 Å². The van der Waals surface area contributed by atoms with Crippen LogP contribution in [0.15, 0.2) is 127 Å². The molecule has 52 heavy (non-hydrogen) atoms. The number of phenolic OH excluding ortho intramolecular Hbond substituents is 2. The van der Waals surface area contributed by atoms with Crippen LogP contribution in [0.4, 0.5) is 4.79 Å². The topological polar surface area (TPSA) is 91.7 Å². The van der Waals surface area contributed by atoms with Crippen molar-refractivity contribution in [2.24, 2.45) is 0 Å². The zero-order valence-electron chi connectivity index (χ0n) is 29.9. The Bertz CT molecular complexity index is 1930. The largest absolute Gasteiger partial charge is 0.508 e. The van der Waals surface area contributed by atoms with Crippen molar-refractivity contribution in [1.29, 1.82) is 0 Å². The van der Waals surface area contributed by atoms with Gasteiger partial charge in [-0.2, -0.15) is 0 Å². The van der Waals surface area contributed by atoms with Crippen molar-refractivity contribution in [2.75, 3.05) is 0 Å². The summed E-state index contributed by atoms with van der Waals surface area (Å²) in [5.41, 5.74) is 6.16. The van der Waals surface area contributed by atoms with Gasteiger partial charge in [0, 0.05) is 13.1 Å². The molecular weight excluding hydrogens is 652 g/mol. The van der Waals surface area contributed by atoms with Gasteiger partial charge >= 0.3 is 6.03 Å². The van der Waals surface area contributed by atoms with Crippen molar-refractivity contribution in [3.8, 4) is 17.2 Å². The fourth-order valence-corrected chi connectivity index (χ4v) is 7.30. The number of aryl methyl sites for hydroxylation is 1. The van der Waals surface area contributed by atoms with Crippen molar-refractivity contribution in [3.63, 3.8) is 0 Å². The van der Waals surface area contributed by atoms with Crippen molar-refractivity contribution in [2.45, 2.75) is 83.4 Å². The van der Waals surface area contributed by atoms with Crippen LogP contribution in [0.25, 0.3) is 0 Å². The molecule has 2 aliphatic heterocycles. The molecule has 8 nitrogen and oxygen atoms in total. The lowest BCUT2D eigenvalue weighted by atomic mass is 9.90. The number of ether oxygens (including phenoxy) is 3. The molecule has 4 atom stereocenters. The zero-order chi connectivity index (χ0) is 36.2. The predicted octanol–water partition coefficient (Wildman–Crippen LogP) is 8.17. The molecule has 0 aromatic heterocycles. The molecule has 268 valence electrons. The van der Waals surface area contributed by atoms with Gasteiger partial charge in [-0.3, -0.25) is 0 Å². The van der Waals surface area contributed by atoms with E-state index in [-0.39, 0.29) is 23.6 Å². The molecule has 0 bridgehead atoms. The number of phenols is 2. The minimum atomic E-state index is -0.894. The lowest BCUT2D eigenvalue weighted by Gasteiger charge is -2.37. The molecule has 7 rings (SSSR count). The van der Waals surface area contributed by atoms with Gasteiger partial charge in [0.1, 0.15) is 36.1 Å². The van der Waals surface area contributed by atoms with Gasteiger partial charge in [-0.05, 0) is 97.8 Å². The summed E-state index contributed by atoms with van der Waals surface area (Å²) in [5, 5.41) is 20.1. The number of carbonyl (C=O) groups is 1. The highest BCUT2D eigenvalue weighted by molar-refractivity contribution is 5.76. The van der Waals surface area contributed by atoms with Crippen LogP contribution in [-0.2, 0) is 42.0 Å². The van der Waals surface area contributed by atoms with Gasteiger partial charge in [-0.25, -0.2) is 4.79 Å². The molecule has 0 unspecified atom stereocenters. The van der Waals surface area contributed by atoms with E-state index in [1.807, 2.05) is 103 Å². The molecule has 5 aromatic rings. The number of hydrogen-bond donors (Lipinski definition) is 2. The van der Waals surface area contributed by atoms with Gasteiger partial charge in [0.05, 0.1) is 12.1 Å². The van der Waals surface area contributed by atoms with Crippen LogP contribution in [-0.4, -0.2) is 56.1 Å². The van der Waals surface area contributed by atoms with E-state index in [4.69, 9.17) is 14.2 Å². The summed E-state index contributed by atoms with van der Waals surface area (Å²) in [5.74, 6) is 0.229. The fourth-order valence-electron chi connectivity index (χ4n) is 7.30. The summed E-state index contributed by atoms with van der Waals surface area (Å²) in [6.07, 6.45) is 0.0754. The molecular formula is C44H46N2O6. The van der Waals surface area contributed by atoms with Crippen LogP contribution in [0.3, 0.4) is 0 Å². The second-order valence-electron chi connectivity index (χ2n) is 14.4. The third kappa shape index (κ3) is 8.25. The predicted molar refractivity (Wildman–Crippen MR) is 200 cm³/mol. The Morgan fingerprint density at radius 2 is 1.04 bits per heavy atom. The number of aromatic hydroxyl groups is 2. The van der Waals surface area contributed by atoms with Crippen LogP contribution < -0.4 is 4.74 Å². The number of nitrogens with zero attached hydrogens (tertiary/aromatic N) is 2. The number of carbonyl (C=O) groups excluding carboxylic acids is 1. The molecule has 0 radical (unpaired) electrons. The minimum absolute atomic E-state index is 0.114. The van der Waals surface area contributed by atoms with Crippen LogP contribution in [0, 0.1) is 6.92 Å². The molecule has 2 heterocycles. The number of urea groups is 1. The molecule has 0 spiro atoms. The first-order chi connectivity index (χ1) is 25.1. The van der Waals surface area contributed by atoms with Crippen molar-refractivity contribution in [1.82, 2.24) is 9.80 Å². The number of rotatable bonds is 11. The molecule has 2 saturated heterocycles. The third-order valence-electron chi connectivity index (χ3n) is 9.97. The second-order valence-corrected chi connectivity index (χ2v) is 14.4. The first-order valence-corrected chi connectivity index (χ1v) is 17.9. The SMILES string of the molecule is Cc1ccc(CN2C(=O)N(Cc3ccc(OCc4ccccc4)cc3)[C@H](Cc3ccc(O)cc3)[C@@H]3OC(C)(C)O[C@H]3[C@H]2Cc2ccc(O)cc2)cc1. The van der Waals surface area contributed by atoms with E-state index >= 15 is 4.79 Å². The fraction of sp³-hybridized carbons (Fsp3) is 0.295. The van der Waals surface area contributed by atoms with E-state index in [1.165, 1.54) is 0 Å². The van der Waals surface area contributed by atoms with Crippen LogP contribution >= 0.6 is 0 Å². The van der Waals surface area contributed by atoms with Crippen LogP contribution in [0.1, 0.15) is 47.2 Å². The summed E-state index contributed by atoms with van der Waals surface area (Å²) in [4.78, 5) is 19.2. The molecule has 2 amide bonds. The van der Waals surface area contributed by atoms with Gasteiger partial charge in [0.25, 0.3) is 0 Å². The Kier molecular flexibility index (Phi) is 10.2. The smallest absolute Gasteiger partial charge is 0.321 e. The molecule has 2 aliphatic rings. The van der Waals surface area contributed by atoms with E-state index in [9.17, 15) is 10.2 Å². The number of amides is 2. The Labute approximate surface area is 305 Å². The highest BCUT2D eigenvalue weighted by Gasteiger charge is 2.55. The summed E-state index contributed by atoms with van der Waals surface area (Å²) >= 11 is 0. The normalized spacial score (nSPS) is 21.1. The van der Waals surface area contributed by atoms with Gasteiger partial charge in [0.15, 0.2) is 5.79 Å². The summed E-state index contributed by atoms with van der Waals surface area (Å²) in [7, 11) is 0. The molecule has 5 aromatic carbocycles. The molecule has 0 aliphatic carbocycles. The number of hydrogen-bond acceptors (Lipinski definition) is 6. The zero-order valence-corrected chi connectivity index (χ0v) is 29.9. The summed E-state index contributed by atoms with van der Waals surface area (Å²) in [6.45, 7) is 7.10. The molecule has 8 heteroatoms. The first-order valence-electron chi connectivity index (χ1n) is 17.9. The van der Waals surface area contributed by atoms with Crippen molar-refractivity contribution in [3.05, 3.63) is 161 Å². The molecule has 0 saturated carbocycles. The van der Waals surface area contributed by atoms with Gasteiger partial charge in [0.2, 0.25) is 0 Å². The van der Waals surface area contributed by atoms with Crippen LogP contribution in [0.5, 0.6) is 17.2 Å². The highest BCUT2D eigenvalue weighted by Crippen LogP contribution is 2.41. The molecule has 2 fully saturated rings. The number of benzene rings is 5. The lowest BCUT2D eigenvalue weighted by Crippen LogP contribution is -2.51. The monoisotopic (exact) mass is 698 g/mol.